The summed E-state index contributed by atoms with van der Waals surface area (Å²) >= 11 is 0. The maximum atomic E-state index is 10.8. The van der Waals surface area contributed by atoms with E-state index in [1.54, 1.807) is 0 Å². The highest BCUT2D eigenvalue weighted by Gasteiger charge is 2.32. The van der Waals surface area contributed by atoms with Crippen molar-refractivity contribution in [3.63, 3.8) is 0 Å². The SMILES string of the molecule is COC(=O)C1CN(CC[O])C1. The number of carbonyl (C=O) groups excluding carboxylic acids is 1. The van der Waals surface area contributed by atoms with Gasteiger partial charge in [-0.1, -0.05) is 0 Å². The van der Waals surface area contributed by atoms with Crippen LogP contribution in [0.2, 0.25) is 0 Å². The van der Waals surface area contributed by atoms with Crippen LogP contribution in [0.4, 0.5) is 0 Å². The van der Waals surface area contributed by atoms with E-state index in [4.69, 9.17) is 0 Å². The Morgan fingerprint density at radius 2 is 2.27 bits per heavy atom. The number of rotatable bonds is 3. The van der Waals surface area contributed by atoms with E-state index in [2.05, 4.69) is 4.74 Å². The second-order valence-corrected chi connectivity index (χ2v) is 2.68. The summed E-state index contributed by atoms with van der Waals surface area (Å²) in [5, 5.41) is 10.1. The third-order valence-corrected chi connectivity index (χ3v) is 1.90. The molecule has 4 nitrogen and oxygen atoms in total. The van der Waals surface area contributed by atoms with Gasteiger partial charge in [-0.05, 0) is 0 Å². The minimum absolute atomic E-state index is 0.00606. The largest absolute Gasteiger partial charge is 0.469 e. The molecule has 0 atom stereocenters. The van der Waals surface area contributed by atoms with Gasteiger partial charge in [0.05, 0.1) is 19.6 Å². The molecule has 1 aliphatic heterocycles. The number of hydrogen-bond acceptors (Lipinski definition) is 3. The average molecular weight is 158 g/mol. The first-order valence-electron chi connectivity index (χ1n) is 3.66. The number of esters is 1. The van der Waals surface area contributed by atoms with Crippen LogP contribution < -0.4 is 0 Å². The molecule has 0 unspecified atom stereocenters. The smallest absolute Gasteiger partial charge is 0.311 e. The number of methoxy groups -OCH3 is 1. The molecule has 0 saturated carbocycles. The molecule has 0 N–H and O–H groups in total. The lowest BCUT2D eigenvalue weighted by Gasteiger charge is -2.36. The summed E-state index contributed by atoms with van der Waals surface area (Å²) in [4.78, 5) is 12.8. The molecule has 1 fully saturated rings. The van der Waals surface area contributed by atoms with E-state index < -0.39 is 0 Å². The molecule has 1 rings (SSSR count). The first kappa shape index (κ1) is 8.49. The summed E-state index contributed by atoms with van der Waals surface area (Å²) in [6.45, 7) is 1.84. The van der Waals surface area contributed by atoms with Crippen molar-refractivity contribution in [2.24, 2.45) is 5.92 Å². The minimum Gasteiger partial charge on any atom is -0.469 e. The monoisotopic (exact) mass is 158 g/mol. The number of carbonyl (C=O) groups is 1. The van der Waals surface area contributed by atoms with Crippen LogP contribution in [0.5, 0.6) is 0 Å². The summed E-state index contributed by atoms with van der Waals surface area (Å²) in [6.07, 6.45) is 0. The summed E-state index contributed by atoms with van der Waals surface area (Å²) in [5.41, 5.74) is 0. The summed E-state index contributed by atoms with van der Waals surface area (Å²) in [5.74, 6) is -0.154. The fraction of sp³-hybridized carbons (Fsp3) is 0.857. The Kier molecular flexibility index (Phi) is 2.84. The third-order valence-electron chi connectivity index (χ3n) is 1.90. The lowest BCUT2D eigenvalue weighted by Crippen LogP contribution is -2.51. The van der Waals surface area contributed by atoms with Gasteiger partial charge < -0.3 is 4.74 Å². The van der Waals surface area contributed by atoms with E-state index >= 15 is 0 Å². The molecular formula is C7H12NO3. The number of hydrogen-bond donors (Lipinski definition) is 0. The minimum atomic E-state index is -0.160. The lowest BCUT2D eigenvalue weighted by molar-refractivity contribution is -0.151. The van der Waals surface area contributed by atoms with Gasteiger partial charge in [0, 0.05) is 19.6 Å². The van der Waals surface area contributed by atoms with Crippen molar-refractivity contribution in [2.45, 2.75) is 0 Å². The van der Waals surface area contributed by atoms with E-state index in [0.717, 1.165) is 0 Å². The standard InChI is InChI=1S/C7H12NO3/c1-11-7(10)6-4-8(5-6)2-3-9/h6H,2-5H2,1H3. The van der Waals surface area contributed by atoms with Crippen molar-refractivity contribution < 1.29 is 14.6 Å². The second kappa shape index (κ2) is 3.69. The Morgan fingerprint density at radius 1 is 1.64 bits per heavy atom. The predicted octanol–water partition coefficient (Wildman–Crippen LogP) is -0.478. The van der Waals surface area contributed by atoms with E-state index in [1.165, 1.54) is 7.11 Å². The Labute approximate surface area is 65.8 Å². The second-order valence-electron chi connectivity index (χ2n) is 2.68. The Bertz CT molecular complexity index is 143. The molecule has 11 heavy (non-hydrogen) atoms. The van der Waals surface area contributed by atoms with Gasteiger partial charge in [-0.3, -0.25) is 9.69 Å². The number of nitrogens with zero attached hydrogens (tertiary/aromatic N) is 1. The van der Waals surface area contributed by atoms with Crippen LogP contribution in [0.1, 0.15) is 0 Å². The van der Waals surface area contributed by atoms with Gasteiger partial charge in [0.25, 0.3) is 0 Å². The maximum Gasteiger partial charge on any atom is 0.311 e. The molecule has 0 spiro atoms. The zero-order valence-electron chi connectivity index (χ0n) is 6.58. The van der Waals surface area contributed by atoms with Crippen LogP contribution in [-0.2, 0) is 14.6 Å². The van der Waals surface area contributed by atoms with Crippen LogP contribution in [0.3, 0.4) is 0 Å². The van der Waals surface area contributed by atoms with Crippen molar-refractivity contribution in [1.29, 1.82) is 0 Å². The van der Waals surface area contributed by atoms with Gasteiger partial charge in [0.2, 0.25) is 0 Å². The molecule has 1 heterocycles. The van der Waals surface area contributed by atoms with Crippen molar-refractivity contribution in [1.82, 2.24) is 4.90 Å². The topological polar surface area (TPSA) is 49.4 Å². The van der Waals surface area contributed by atoms with Crippen LogP contribution in [0.25, 0.3) is 0 Å². The fourth-order valence-corrected chi connectivity index (χ4v) is 1.20. The highest BCUT2D eigenvalue weighted by molar-refractivity contribution is 5.73. The van der Waals surface area contributed by atoms with Crippen LogP contribution in [0.15, 0.2) is 0 Å². The normalized spacial score (nSPS) is 19.5. The predicted molar refractivity (Wildman–Crippen MR) is 37.5 cm³/mol. The molecular weight excluding hydrogens is 146 g/mol. The van der Waals surface area contributed by atoms with Gasteiger partial charge in [-0.2, -0.15) is 0 Å². The molecule has 4 heteroatoms. The quantitative estimate of drug-likeness (QED) is 0.521. The molecule has 0 aromatic rings. The summed E-state index contributed by atoms with van der Waals surface area (Å²) in [6, 6.07) is 0. The van der Waals surface area contributed by atoms with Crippen LogP contribution in [0, 0.1) is 5.92 Å². The van der Waals surface area contributed by atoms with Gasteiger partial charge in [0.15, 0.2) is 0 Å². The molecule has 1 aliphatic rings. The molecule has 1 saturated heterocycles. The lowest BCUT2D eigenvalue weighted by atomic mass is 10.0. The highest BCUT2D eigenvalue weighted by atomic mass is 16.5. The molecule has 0 bridgehead atoms. The first-order valence-corrected chi connectivity index (χ1v) is 3.66. The van der Waals surface area contributed by atoms with Crippen molar-refractivity contribution >= 4 is 5.97 Å². The van der Waals surface area contributed by atoms with Gasteiger partial charge in [-0.25, -0.2) is 5.11 Å². The van der Waals surface area contributed by atoms with Gasteiger partial charge in [-0.15, -0.1) is 0 Å². The molecule has 0 aromatic heterocycles. The summed E-state index contributed by atoms with van der Waals surface area (Å²) in [7, 11) is 1.39. The Morgan fingerprint density at radius 3 is 2.73 bits per heavy atom. The third kappa shape index (κ3) is 1.91. The van der Waals surface area contributed by atoms with E-state index in [1.807, 2.05) is 4.90 Å². The van der Waals surface area contributed by atoms with E-state index in [9.17, 15) is 9.90 Å². The van der Waals surface area contributed by atoms with Crippen LogP contribution >= 0.6 is 0 Å². The first-order chi connectivity index (χ1) is 5.27. The highest BCUT2D eigenvalue weighted by Crippen LogP contribution is 2.15. The zero-order valence-corrected chi connectivity index (χ0v) is 6.58. The van der Waals surface area contributed by atoms with Gasteiger partial charge >= 0.3 is 5.97 Å². The van der Waals surface area contributed by atoms with Crippen molar-refractivity contribution in [3.8, 4) is 0 Å². The zero-order chi connectivity index (χ0) is 8.27. The molecule has 63 valence electrons. The average Bonchev–Trinajstić information content (AvgIpc) is 1.94. The van der Waals surface area contributed by atoms with Crippen molar-refractivity contribution in [3.05, 3.63) is 0 Å². The number of likely N-dealkylation sites (tertiary alicyclic amines) is 1. The Hall–Kier alpha value is -0.610. The molecule has 0 aliphatic carbocycles. The van der Waals surface area contributed by atoms with Gasteiger partial charge in [0.1, 0.15) is 0 Å². The molecule has 0 amide bonds. The van der Waals surface area contributed by atoms with E-state index in [-0.39, 0.29) is 18.5 Å². The fourth-order valence-electron chi connectivity index (χ4n) is 1.20. The number of ether oxygens (including phenoxy) is 1. The summed E-state index contributed by atoms with van der Waals surface area (Å²) < 4.78 is 4.54. The molecule has 0 aromatic carbocycles. The maximum absolute atomic E-state index is 10.8. The van der Waals surface area contributed by atoms with Crippen molar-refractivity contribution in [2.75, 3.05) is 33.4 Å². The molecule has 1 radical (unpaired) electrons. The Balaban J connectivity index is 2.13. The van der Waals surface area contributed by atoms with E-state index in [0.29, 0.717) is 19.6 Å². The van der Waals surface area contributed by atoms with Crippen LogP contribution in [-0.4, -0.2) is 44.2 Å².